The molecule has 0 aromatic carbocycles. The highest BCUT2D eigenvalue weighted by Crippen LogP contribution is 2.23. The summed E-state index contributed by atoms with van der Waals surface area (Å²) in [4.78, 5) is 11.8. The summed E-state index contributed by atoms with van der Waals surface area (Å²) in [6, 6.07) is -0.251. The van der Waals surface area contributed by atoms with Gasteiger partial charge in [0.05, 0.1) is 18.2 Å². The van der Waals surface area contributed by atoms with Gasteiger partial charge in [-0.05, 0) is 31.6 Å². The van der Waals surface area contributed by atoms with Crippen LogP contribution in [0, 0.1) is 5.92 Å². The van der Waals surface area contributed by atoms with Crippen molar-refractivity contribution < 1.29 is 15.0 Å². The normalized spacial score (nSPS) is 38.0. The molecule has 98 valence electrons. The van der Waals surface area contributed by atoms with Crippen molar-refractivity contribution in [1.29, 1.82) is 0 Å². The number of rotatable bonds is 3. The number of amides is 1. The second-order valence-electron chi connectivity index (χ2n) is 5.28. The molecule has 4 N–H and O–H groups in total. The van der Waals surface area contributed by atoms with Crippen LogP contribution in [0.4, 0.5) is 0 Å². The molecular weight excluding hydrogens is 220 g/mol. The average Bonchev–Trinajstić information content (AvgIpc) is 2.73. The smallest absolute Gasteiger partial charge is 0.237 e. The molecule has 4 atom stereocenters. The maximum Gasteiger partial charge on any atom is 0.237 e. The lowest BCUT2D eigenvalue weighted by Gasteiger charge is -2.26. The van der Waals surface area contributed by atoms with Crippen molar-refractivity contribution in [2.24, 2.45) is 5.92 Å². The van der Waals surface area contributed by atoms with Gasteiger partial charge in [-0.1, -0.05) is 6.42 Å². The van der Waals surface area contributed by atoms with Gasteiger partial charge in [0, 0.05) is 13.1 Å². The molecule has 5 heteroatoms. The summed E-state index contributed by atoms with van der Waals surface area (Å²) >= 11 is 0. The highest BCUT2D eigenvalue weighted by Gasteiger charge is 2.28. The summed E-state index contributed by atoms with van der Waals surface area (Å²) in [7, 11) is 0. The van der Waals surface area contributed by atoms with Gasteiger partial charge in [0.15, 0.2) is 0 Å². The van der Waals surface area contributed by atoms with Gasteiger partial charge < -0.3 is 20.8 Å². The fraction of sp³-hybridized carbons (Fsp3) is 0.917. The van der Waals surface area contributed by atoms with Gasteiger partial charge in [0.1, 0.15) is 0 Å². The Morgan fingerprint density at radius 1 is 1.24 bits per heavy atom. The SMILES string of the molecule is O=C(NCC1CCCC(O)C1)C1CC(O)CN1. The summed E-state index contributed by atoms with van der Waals surface area (Å²) < 4.78 is 0. The first-order chi connectivity index (χ1) is 8.15. The van der Waals surface area contributed by atoms with E-state index in [1.165, 1.54) is 0 Å². The molecule has 0 radical (unpaired) electrons. The number of hydrogen-bond acceptors (Lipinski definition) is 4. The Balaban J connectivity index is 1.69. The molecule has 1 saturated carbocycles. The largest absolute Gasteiger partial charge is 0.393 e. The molecule has 4 unspecified atom stereocenters. The molecule has 0 spiro atoms. The lowest BCUT2D eigenvalue weighted by molar-refractivity contribution is -0.123. The summed E-state index contributed by atoms with van der Waals surface area (Å²) in [6.07, 6.45) is 3.71. The van der Waals surface area contributed by atoms with Crippen LogP contribution < -0.4 is 10.6 Å². The molecule has 2 fully saturated rings. The second-order valence-corrected chi connectivity index (χ2v) is 5.28. The molecule has 0 aromatic heterocycles. The zero-order valence-corrected chi connectivity index (χ0v) is 10.1. The predicted molar refractivity (Wildman–Crippen MR) is 63.4 cm³/mol. The van der Waals surface area contributed by atoms with Crippen LogP contribution >= 0.6 is 0 Å². The van der Waals surface area contributed by atoms with Crippen molar-refractivity contribution >= 4 is 5.91 Å². The monoisotopic (exact) mass is 242 g/mol. The van der Waals surface area contributed by atoms with E-state index in [-0.39, 0.29) is 18.1 Å². The van der Waals surface area contributed by atoms with E-state index in [1.807, 2.05) is 0 Å². The molecule has 1 aliphatic carbocycles. The lowest BCUT2D eigenvalue weighted by atomic mass is 9.87. The number of aliphatic hydroxyl groups excluding tert-OH is 2. The minimum absolute atomic E-state index is 0.0263. The Labute approximate surface area is 102 Å². The van der Waals surface area contributed by atoms with Crippen LogP contribution in [0.5, 0.6) is 0 Å². The maximum absolute atomic E-state index is 11.8. The van der Waals surface area contributed by atoms with Crippen LogP contribution in [0.1, 0.15) is 32.1 Å². The molecule has 2 rings (SSSR count). The number of aliphatic hydroxyl groups is 2. The van der Waals surface area contributed by atoms with E-state index in [0.29, 0.717) is 25.4 Å². The van der Waals surface area contributed by atoms with Crippen LogP contribution in [0.25, 0.3) is 0 Å². The van der Waals surface area contributed by atoms with Crippen LogP contribution in [-0.4, -0.2) is 47.5 Å². The number of carbonyl (C=O) groups excluding carboxylic acids is 1. The molecule has 1 aliphatic heterocycles. The summed E-state index contributed by atoms with van der Waals surface area (Å²) in [5.74, 6) is 0.371. The van der Waals surface area contributed by atoms with Gasteiger partial charge in [-0.3, -0.25) is 4.79 Å². The molecule has 0 bridgehead atoms. The number of hydrogen-bond donors (Lipinski definition) is 4. The fourth-order valence-electron chi connectivity index (χ4n) is 2.73. The van der Waals surface area contributed by atoms with E-state index in [2.05, 4.69) is 10.6 Å². The zero-order chi connectivity index (χ0) is 12.3. The Kier molecular flexibility index (Phi) is 4.36. The van der Waals surface area contributed by atoms with Gasteiger partial charge in [-0.15, -0.1) is 0 Å². The first kappa shape index (κ1) is 12.8. The highest BCUT2D eigenvalue weighted by atomic mass is 16.3. The average molecular weight is 242 g/mol. The van der Waals surface area contributed by atoms with E-state index in [0.717, 1.165) is 25.7 Å². The van der Waals surface area contributed by atoms with Crippen LogP contribution in [-0.2, 0) is 4.79 Å². The molecule has 0 aromatic rings. The van der Waals surface area contributed by atoms with Gasteiger partial charge in [-0.25, -0.2) is 0 Å². The van der Waals surface area contributed by atoms with Gasteiger partial charge in [-0.2, -0.15) is 0 Å². The lowest BCUT2D eigenvalue weighted by Crippen LogP contribution is -2.43. The number of nitrogens with one attached hydrogen (secondary N) is 2. The van der Waals surface area contributed by atoms with Crippen molar-refractivity contribution in [3.8, 4) is 0 Å². The predicted octanol–water partition coefficient (Wildman–Crippen LogP) is -0.623. The first-order valence-corrected chi connectivity index (χ1v) is 6.52. The molecular formula is C12H22N2O3. The van der Waals surface area contributed by atoms with Crippen molar-refractivity contribution in [3.05, 3.63) is 0 Å². The second kappa shape index (κ2) is 5.80. The van der Waals surface area contributed by atoms with Gasteiger partial charge >= 0.3 is 0 Å². The maximum atomic E-state index is 11.8. The Bertz CT molecular complexity index is 272. The minimum Gasteiger partial charge on any atom is -0.393 e. The topological polar surface area (TPSA) is 81.6 Å². The fourth-order valence-corrected chi connectivity index (χ4v) is 2.73. The molecule has 2 aliphatic rings. The number of carbonyl (C=O) groups is 1. The van der Waals surface area contributed by atoms with Gasteiger partial charge in [0.2, 0.25) is 5.91 Å². The molecule has 1 amide bonds. The quantitative estimate of drug-likeness (QED) is 0.531. The minimum atomic E-state index is -0.401. The molecule has 17 heavy (non-hydrogen) atoms. The van der Waals surface area contributed by atoms with Crippen LogP contribution in [0.15, 0.2) is 0 Å². The standard InChI is InChI=1S/C12H22N2O3/c15-9-3-1-2-8(4-9)6-14-12(17)11-5-10(16)7-13-11/h8-11,13,15-16H,1-7H2,(H,14,17). The Morgan fingerprint density at radius 2 is 2.06 bits per heavy atom. The van der Waals surface area contributed by atoms with Crippen molar-refractivity contribution in [2.75, 3.05) is 13.1 Å². The van der Waals surface area contributed by atoms with Crippen molar-refractivity contribution in [2.45, 2.75) is 50.4 Å². The first-order valence-electron chi connectivity index (χ1n) is 6.52. The van der Waals surface area contributed by atoms with E-state index >= 15 is 0 Å². The summed E-state index contributed by atoms with van der Waals surface area (Å²) in [5, 5.41) is 24.8. The third-order valence-electron chi connectivity index (χ3n) is 3.74. The molecule has 5 nitrogen and oxygen atoms in total. The molecule has 1 heterocycles. The third-order valence-corrected chi connectivity index (χ3v) is 3.74. The van der Waals surface area contributed by atoms with Crippen LogP contribution in [0.3, 0.4) is 0 Å². The van der Waals surface area contributed by atoms with Crippen molar-refractivity contribution in [3.63, 3.8) is 0 Å². The highest BCUT2D eigenvalue weighted by molar-refractivity contribution is 5.82. The number of β-amino-alcohol motifs (C(OH)–C–C–N with tert-alkyl or cyclic N) is 1. The Hall–Kier alpha value is -0.650. The van der Waals surface area contributed by atoms with Crippen LogP contribution in [0.2, 0.25) is 0 Å². The molecule has 1 saturated heterocycles. The van der Waals surface area contributed by atoms with Gasteiger partial charge in [0.25, 0.3) is 0 Å². The third kappa shape index (κ3) is 3.66. The Morgan fingerprint density at radius 3 is 2.71 bits per heavy atom. The van der Waals surface area contributed by atoms with Crippen molar-refractivity contribution in [1.82, 2.24) is 10.6 Å². The van der Waals surface area contributed by atoms with E-state index in [9.17, 15) is 15.0 Å². The zero-order valence-electron chi connectivity index (χ0n) is 10.1. The summed E-state index contributed by atoms with van der Waals surface area (Å²) in [6.45, 7) is 1.14. The van der Waals surface area contributed by atoms with E-state index in [1.54, 1.807) is 0 Å². The summed E-state index contributed by atoms with van der Waals surface area (Å²) in [5.41, 5.74) is 0. The van der Waals surface area contributed by atoms with E-state index < -0.39 is 6.10 Å². The van der Waals surface area contributed by atoms with E-state index in [4.69, 9.17) is 0 Å².